The second kappa shape index (κ2) is 4.53. The number of rotatable bonds is 2. The van der Waals surface area contributed by atoms with Gasteiger partial charge >= 0.3 is 5.97 Å². The zero-order chi connectivity index (χ0) is 12.3. The van der Waals surface area contributed by atoms with Gasteiger partial charge in [0, 0.05) is 6.20 Å². The van der Waals surface area contributed by atoms with Crippen LogP contribution in [0, 0.1) is 11.3 Å². The van der Waals surface area contributed by atoms with E-state index in [1.165, 1.54) is 0 Å². The summed E-state index contributed by atoms with van der Waals surface area (Å²) in [5, 5.41) is 14.7. The fraction of sp³-hybridized carbons (Fsp3) is 0.182. The number of aromatic nitrogens is 1. The van der Waals surface area contributed by atoms with Gasteiger partial charge in [0.05, 0.1) is 12.3 Å². The normalized spacial score (nSPS) is 15.1. The number of carbonyl (C=O) groups is 1. The predicted molar refractivity (Wildman–Crippen MR) is 60.8 cm³/mol. The van der Waals surface area contributed by atoms with Crippen LogP contribution in [0.15, 0.2) is 29.7 Å². The molecule has 0 fully saturated rings. The van der Waals surface area contributed by atoms with Crippen molar-refractivity contribution in [2.24, 2.45) is 0 Å². The maximum atomic E-state index is 11.5. The number of nitrogens with one attached hydrogen (secondary N) is 2. The highest BCUT2D eigenvalue weighted by Crippen LogP contribution is 2.28. The van der Waals surface area contributed by atoms with E-state index in [0.717, 1.165) is 5.69 Å². The van der Waals surface area contributed by atoms with Crippen molar-refractivity contribution in [3.05, 3.63) is 29.7 Å². The molecule has 0 aliphatic carbocycles. The summed E-state index contributed by atoms with van der Waals surface area (Å²) in [6.07, 6.45) is 1.62. The van der Waals surface area contributed by atoms with Crippen molar-refractivity contribution in [1.82, 2.24) is 4.98 Å². The summed E-state index contributed by atoms with van der Waals surface area (Å²) in [6, 6.07) is 5.37. The minimum Gasteiger partial charge on any atom is -0.462 e. The van der Waals surface area contributed by atoms with Crippen molar-refractivity contribution < 1.29 is 9.53 Å². The van der Waals surface area contributed by atoms with Gasteiger partial charge in [-0.2, -0.15) is 5.26 Å². The number of anilines is 2. The molecule has 2 rings (SSSR count). The summed E-state index contributed by atoms with van der Waals surface area (Å²) in [5.41, 5.74) is 0.629. The van der Waals surface area contributed by atoms with Crippen LogP contribution < -0.4 is 10.6 Å². The van der Waals surface area contributed by atoms with Gasteiger partial charge in [0.2, 0.25) is 0 Å². The van der Waals surface area contributed by atoms with Crippen molar-refractivity contribution in [2.45, 2.75) is 6.92 Å². The van der Waals surface area contributed by atoms with Crippen molar-refractivity contribution >= 4 is 17.5 Å². The van der Waals surface area contributed by atoms with Gasteiger partial charge < -0.3 is 15.4 Å². The Kier molecular flexibility index (Phi) is 2.92. The van der Waals surface area contributed by atoms with Crippen LogP contribution in [0.4, 0.5) is 11.5 Å². The van der Waals surface area contributed by atoms with E-state index in [-0.39, 0.29) is 12.2 Å². The molecule has 6 nitrogen and oxygen atoms in total. The van der Waals surface area contributed by atoms with E-state index >= 15 is 0 Å². The molecule has 6 heteroatoms. The van der Waals surface area contributed by atoms with Gasteiger partial charge in [-0.3, -0.25) is 0 Å². The molecule has 1 aromatic rings. The number of nitriles is 1. The Labute approximate surface area is 97.9 Å². The van der Waals surface area contributed by atoms with Gasteiger partial charge in [0.25, 0.3) is 0 Å². The monoisotopic (exact) mass is 230 g/mol. The van der Waals surface area contributed by atoms with E-state index in [0.29, 0.717) is 11.6 Å². The smallest absolute Gasteiger partial charge is 0.352 e. The first-order valence-electron chi connectivity index (χ1n) is 5.06. The van der Waals surface area contributed by atoms with Gasteiger partial charge in [-0.1, -0.05) is 0 Å². The fourth-order valence-electron chi connectivity index (χ4n) is 1.42. The first-order valence-corrected chi connectivity index (χ1v) is 5.06. The number of carbonyl (C=O) groups excluding carboxylic acids is 1. The molecule has 86 valence electrons. The van der Waals surface area contributed by atoms with Crippen molar-refractivity contribution in [3.63, 3.8) is 0 Å². The Hall–Kier alpha value is -2.55. The third kappa shape index (κ3) is 2.03. The number of hydrogen-bond donors (Lipinski definition) is 2. The third-order valence-corrected chi connectivity index (χ3v) is 2.15. The highest BCUT2D eigenvalue weighted by atomic mass is 16.5. The van der Waals surface area contributed by atoms with Crippen molar-refractivity contribution in [2.75, 3.05) is 17.2 Å². The summed E-state index contributed by atoms with van der Waals surface area (Å²) in [5.74, 6) is 0.233. The molecular weight excluding hydrogens is 220 g/mol. The van der Waals surface area contributed by atoms with Crippen LogP contribution in [0.3, 0.4) is 0 Å². The Morgan fingerprint density at radius 3 is 3.06 bits per heavy atom. The molecule has 0 amide bonds. The quantitative estimate of drug-likeness (QED) is 0.451. The van der Waals surface area contributed by atoms with Gasteiger partial charge in [-0.05, 0) is 19.1 Å². The van der Waals surface area contributed by atoms with Crippen molar-refractivity contribution in [1.29, 1.82) is 5.26 Å². The van der Waals surface area contributed by atoms with E-state index in [4.69, 9.17) is 10.00 Å². The first kappa shape index (κ1) is 11.0. The molecule has 0 spiro atoms. The van der Waals surface area contributed by atoms with E-state index in [9.17, 15) is 4.79 Å². The second-order valence-corrected chi connectivity index (χ2v) is 3.23. The van der Waals surface area contributed by atoms with E-state index in [1.54, 1.807) is 25.3 Å². The van der Waals surface area contributed by atoms with E-state index in [1.807, 2.05) is 6.07 Å². The molecule has 0 aromatic carbocycles. The maximum absolute atomic E-state index is 11.5. The lowest BCUT2D eigenvalue weighted by atomic mass is 10.3. The number of hydrogen-bond acceptors (Lipinski definition) is 6. The summed E-state index contributed by atoms with van der Waals surface area (Å²) in [4.78, 5) is 15.6. The highest BCUT2D eigenvalue weighted by molar-refractivity contribution is 5.96. The molecule has 0 bridgehead atoms. The predicted octanol–water partition coefficient (Wildman–Crippen LogP) is 1.22. The van der Waals surface area contributed by atoms with Crippen LogP contribution in [0.5, 0.6) is 0 Å². The lowest BCUT2D eigenvalue weighted by Crippen LogP contribution is -2.14. The minimum absolute atomic E-state index is 0.0927. The molecule has 0 atom stereocenters. The minimum atomic E-state index is -0.655. The lowest BCUT2D eigenvalue weighted by molar-refractivity contribution is -0.138. The molecule has 1 aliphatic rings. The summed E-state index contributed by atoms with van der Waals surface area (Å²) >= 11 is 0. The van der Waals surface area contributed by atoms with Crippen LogP contribution in [0.1, 0.15) is 6.92 Å². The van der Waals surface area contributed by atoms with E-state index < -0.39 is 5.97 Å². The van der Waals surface area contributed by atoms with Crippen molar-refractivity contribution in [3.8, 4) is 6.07 Å². The van der Waals surface area contributed by atoms with Crippen LogP contribution in [0.25, 0.3) is 0 Å². The lowest BCUT2D eigenvalue weighted by Gasteiger charge is -2.03. The molecule has 0 unspecified atom stereocenters. The highest BCUT2D eigenvalue weighted by Gasteiger charge is 2.23. The number of ether oxygens (including phenoxy) is 1. The molecule has 1 aromatic heterocycles. The van der Waals surface area contributed by atoms with Crippen LogP contribution in [0.2, 0.25) is 0 Å². The average molecular weight is 230 g/mol. The van der Waals surface area contributed by atoms with E-state index in [2.05, 4.69) is 15.6 Å². The Morgan fingerprint density at radius 1 is 1.59 bits per heavy atom. The zero-order valence-corrected chi connectivity index (χ0v) is 9.15. The Balaban J connectivity index is 2.30. The van der Waals surface area contributed by atoms with Crippen LogP contribution >= 0.6 is 0 Å². The Morgan fingerprint density at radius 2 is 2.41 bits per heavy atom. The molecule has 0 radical (unpaired) electrons. The first-order chi connectivity index (χ1) is 8.26. The molecular formula is C11H10N4O2. The topological polar surface area (TPSA) is 87.0 Å². The SMILES string of the molecule is CCOC(=O)/C(C#N)=C1/Nc2cccnc2N1. The standard InChI is InChI=1S/C11H10N4O2/c1-2-17-11(16)7(6-12)9-14-8-4-3-5-13-10(8)15-9/h3-5,14H,2H2,1H3,(H,13,15)/b9-7-. The summed E-state index contributed by atoms with van der Waals surface area (Å²) in [6.45, 7) is 1.91. The molecule has 17 heavy (non-hydrogen) atoms. The van der Waals surface area contributed by atoms with Gasteiger partial charge in [-0.15, -0.1) is 0 Å². The molecule has 1 aliphatic heterocycles. The summed E-state index contributed by atoms with van der Waals surface area (Å²) < 4.78 is 4.79. The molecule has 0 saturated carbocycles. The molecule has 2 heterocycles. The number of pyridine rings is 1. The number of nitrogens with zero attached hydrogens (tertiary/aromatic N) is 2. The number of fused-ring (bicyclic) bond motifs is 1. The fourth-order valence-corrected chi connectivity index (χ4v) is 1.42. The van der Waals surface area contributed by atoms with Gasteiger partial charge in [-0.25, -0.2) is 9.78 Å². The number of esters is 1. The van der Waals surface area contributed by atoms with Crippen LogP contribution in [-0.2, 0) is 9.53 Å². The summed E-state index contributed by atoms with van der Waals surface area (Å²) in [7, 11) is 0. The average Bonchev–Trinajstić information content (AvgIpc) is 2.73. The van der Waals surface area contributed by atoms with Gasteiger partial charge in [0.15, 0.2) is 11.4 Å². The maximum Gasteiger partial charge on any atom is 0.352 e. The van der Waals surface area contributed by atoms with Crippen LogP contribution in [-0.4, -0.2) is 17.6 Å². The third-order valence-electron chi connectivity index (χ3n) is 2.15. The van der Waals surface area contributed by atoms with Gasteiger partial charge in [0.1, 0.15) is 11.9 Å². The zero-order valence-electron chi connectivity index (χ0n) is 9.15. The Bertz CT molecular complexity index is 504. The largest absolute Gasteiger partial charge is 0.462 e. The second-order valence-electron chi connectivity index (χ2n) is 3.23. The molecule has 0 saturated heterocycles. The molecule has 2 N–H and O–H groups in total.